The molecule has 1 atom stereocenters. The minimum Gasteiger partial charge on any atom is -0.368 e. The summed E-state index contributed by atoms with van der Waals surface area (Å²) in [4.78, 5) is 1.96. The molecule has 0 aliphatic carbocycles. The van der Waals surface area contributed by atoms with Crippen LogP contribution in [0.2, 0.25) is 0 Å². The maximum absolute atomic E-state index is 13.8. The molecule has 90 valence electrons. The first-order valence-corrected chi connectivity index (χ1v) is 7.09. The fourth-order valence-electron chi connectivity index (χ4n) is 1.64. The first-order valence-electron chi connectivity index (χ1n) is 5.17. The van der Waals surface area contributed by atoms with Gasteiger partial charge in [0.05, 0.1) is 5.69 Å². The number of benzene rings is 1. The lowest BCUT2D eigenvalue weighted by atomic mass is 10.1. The molecule has 1 nitrogen and oxygen atoms in total. The third kappa shape index (κ3) is 3.05. The van der Waals surface area contributed by atoms with Crippen LogP contribution in [0.15, 0.2) is 18.2 Å². The molecule has 16 heavy (non-hydrogen) atoms. The molecule has 0 saturated heterocycles. The van der Waals surface area contributed by atoms with E-state index in [1.807, 2.05) is 24.3 Å². The quantitative estimate of drug-likeness (QED) is 0.743. The molecule has 0 aromatic heterocycles. The summed E-state index contributed by atoms with van der Waals surface area (Å²) in [6.07, 6.45) is 2.05. The van der Waals surface area contributed by atoms with E-state index in [0.717, 1.165) is 11.3 Å². The number of anilines is 1. The predicted octanol–water partition coefficient (Wildman–Crippen LogP) is 3.75. The first-order chi connectivity index (χ1) is 7.61. The third-order valence-corrected chi connectivity index (χ3v) is 3.74. The Morgan fingerprint density at radius 1 is 1.50 bits per heavy atom. The molecular weight excluding hydrogens is 245 g/mol. The summed E-state index contributed by atoms with van der Waals surface area (Å²) in [5, 5.41) is 0. The second kappa shape index (κ2) is 6.36. The van der Waals surface area contributed by atoms with Gasteiger partial charge in [-0.1, -0.05) is 12.1 Å². The van der Waals surface area contributed by atoms with Gasteiger partial charge in [0, 0.05) is 24.7 Å². The third-order valence-electron chi connectivity index (χ3n) is 2.64. The van der Waals surface area contributed by atoms with Crippen molar-refractivity contribution in [2.45, 2.75) is 18.8 Å². The van der Waals surface area contributed by atoms with Crippen molar-refractivity contribution in [3.63, 3.8) is 0 Å². The van der Waals surface area contributed by atoms with Gasteiger partial charge < -0.3 is 4.90 Å². The zero-order chi connectivity index (χ0) is 12.1. The highest BCUT2D eigenvalue weighted by Crippen LogP contribution is 2.27. The van der Waals surface area contributed by atoms with Crippen LogP contribution in [0.25, 0.3) is 0 Å². The van der Waals surface area contributed by atoms with Crippen molar-refractivity contribution in [1.82, 2.24) is 0 Å². The number of thioether (sulfide) groups is 1. The number of rotatable bonds is 5. The zero-order valence-corrected chi connectivity index (χ0v) is 11.4. The van der Waals surface area contributed by atoms with Gasteiger partial charge in [-0.25, -0.2) is 4.39 Å². The van der Waals surface area contributed by atoms with Crippen molar-refractivity contribution in [2.75, 3.05) is 24.0 Å². The second-order valence-electron chi connectivity index (χ2n) is 3.80. The maximum Gasteiger partial charge on any atom is 0.146 e. The molecule has 0 aliphatic heterocycles. The molecule has 0 radical (unpaired) electrons. The zero-order valence-electron chi connectivity index (χ0n) is 9.84. The van der Waals surface area contributed by atoms with Crippen LogP contribution in [0.1, 0.15) is 12.5 Å². The highest BCUT2D eigenvalue weighted by Gasteiger charge is 2.16. The average molecular weight is 262 g/mol. The van der Waals surface area contributed by atoms with E-state index >= 15 is 0 Å². The Hall–Kier alpha value is -0.410. The van der Waals surface area contributed by atoms with Gasteiger partial charge in [0.2, 0.25) is 0 Å². The van der Waals surface area contributed by atoms with Crippen LogP contribution >= 0.6 is 23.4 Å². The van der Waals surface area contributed by atoms with E-state index < -0.39 is 0 Å². The van der Waals surface area contributed by atoms with Crippen molar-refractivity contribution in [3.8, 4) is 0 Å². The van der Waals surface area contributed by atoms with E-state index in [-0.39, 0.29) is 11.9 Å². The van der Waals surface area contributed by atoms with Gasteiger partial charge >= 0.3 is 0 Å². The van der Waals surface area contributed by atoms with Crippen molar-refractivity contribution >= 4 is 29.1 Å². The number of alkyl halides is 1. The summed E-state index contributed by atoms with van der Waals surface area (Å²) in [5.41, 5.74) is 1.47. The molecule has 1 aromatic rings. The van der Waals surface area contributed by atoms with E-state index in [9.17, 15) is 4.39 Å². The van der Waals surface area contributed by atoms with Crippen molar-refractivity contribution in [2.24, 2.45) is 0 Å². The van der Waals surface area contributed by atoms with Crippen molar-refractivity contribution in [3.05, 3.63) is 29.6 Å². The predicted molar refractivity (Wildman–Crippen MR) is 72.2 cm³/mol. The monoisotopic (exact) mass is 261 g/mol. The molecule has 0 N–H and O–H groups in total. The molecule has 0 saturated carbocycles. The minimum absolute atomic E-state index is 0.200. The number of hydrogen-bond donors (Lipinski definition) is 0. The smallest absolute Gasteiger partial charge is 0.146 e. The molecule has 0 aliphatic rings. The highest BCUT2D eigenvalue weighted by atomic mass is 35.5. The lowest BCUT2D eigenvalue weighted by Crippen LogP contribution is -2.32. The molecule has 0 spiro atoms. The summed E-state index contributed by atoms with van der Waals surface area (Å²) >= 11 is 7.59. The van der Waals surface area contributed by atoms with E-state index in [4.69, 9.17) is 11.6 Å². The van der Waals surface area contributed by atoms with E-state index in [1.165, 1.54) is 6.07 Å². The summed E-state index contributed by atoms with van der Waals surface area (Å²) < 4.78 is 13.8. The summed E-state index contributed by atoms with van der Waals surface area (Å²) in [7, 11) is 1.91. The molecule has 0 heterocycles. The Balaban J connectivity index is 3.01. The van der Waals surface area contributed by atoms with Gasteiger partial charge in [0.1, 0.15) is 5.82 Å². The van der Waals surface area contributed by atoms with E-state index in [2.05, 4.69) is 6.92 Å². The van der Waals surface area contributed by atoms with Crippen LogP contribution in [0.5, 0.6) is 0 Å². The normalized spacial score (nSPS) is 12.6. The van der Waals surface area contributed by atoms with E-state index in [0.29, 0.717) is 11.6 Å². The van der Waals surface area contributed by atoms with Gasteiger partial charge in [-0.3, -0.25) is 0 Å². The van der Waals surface area contributed by atoms with Gasteiger partial charge in [0.15, 0.2) is 0 Å². The van der Waals surface area contributed by atoms with Crippen molar-refractivity contribution < 1.29 is 4.39 Å². The van der Waals surface area contributed by atoms with Crippen LogP contribution in [0, 0.1) is 5.82 Å². The van der Waals surface area contributed by atoms with Crippen LogP contribution in [0.3, 0.4) is 0 Å². The fraction of sp³-hybridized carbons (Fsp3) is 0.500. The fourth-order valence-corrected chi connectivity index (χ4v) is 2.56. The number of para-hydroxylation sites is 1. The van der Waals surface area contributed by atoms with Gasteiger partial charge in [0.25, 0.3) is 0 Å². The minimum atomic E-state index is -0.200. The summed E-state index contributed by atoms with van der Waals surface area (Å²) in [5.74, 6) is 1.10. The Morgan fingerprint density at radius 2 is 2.19 bits per heavy atom. The number of halogens is 2. The second-order valence-corrected chi connectivity index (χ2v) is 4.97. The molecule has 1 unspecified atom stereocenters. The highest BCUT2D eigenvalue weighted by molar-refractivity contribution is 7.98. The van der Waals surface area contributed by atoms with Crippen LogP contribution < -0.4 is 4.90 Å². The summed E-state index contributed by atoms with van der Waals surface area (Å²) in [6.45, 7) is 2.08. The van der Waals surface area contributed by atoms with Crippen molar-refractivity contribution in [1.29, 1.82) is 0 Å². The Labute approximate surface area is 106 Å². The lowest BCUT2D eigenvalue weighted by molar-refractivity contribution is 0.613. The number of hydrogen-bond acceptors (Lipinski definition) is 2. The van der Waals surface area contributed by atoms with Gasteiger partial charge in [-0.2, -0.15) is 11.8 Å². The molecular formula is C12H17ClFNS. The average Bonchev–Trinajstić information content (AvgIpc) is 2.28. The standard InChI is InChI=1S/C12H17ClFNS/c1-9(8-16-3)15(2)12-10(7-13)5-4-6-11(12)14/h4-6,9H,7-8H2,1-3H3. The molecule has 0 fully saturated rings. The largest absolute Gasteiger partial charge is 0.368 e. The molecule has 4 heteroatoms. The molecule has 1 rings (SSSR count). The SMILES string of the molecule is CSCC(C)N(C)c1c(F)cccc1CCl. The number of nitrogens with zero attached hydrogens (tertiary/aromatic N) is 1. The maximum atomic E-state index is 13.8. The van der Waals surface area contributed by atoms with E-state index in [1.54, 1.807) is 17.8 Å². The Kier molecular flexibility index (Phi) is 5.42. The molecule has 0 bridgehead atoms. The molecule has 1 aromatic carbocycles. The summed E-state index contributed by atoms with van der Waals surface area (Å²) in [6, 6.07) is 5.33. The van der Waals surface area contributed by atoms with Crippen LogP contribution in [-0.2, 0) is 5.88 Å². The Bertz CT molecular complexity index is 346. The lowest BCUT2D eigenvalue weighted by Gasteiger charge is -2.28. The first kappa shape index (κ1) is 13.7. The Morgan fingerprint density at radius 3 is 2.75 bits per heavy atom. The van der Waals surface area contributed by atoms with Gasteiger partial charge in [-0.15, -0.1) is 11.6 Å². The van der Waals surface area contributed by atoms with Crippen LogP contribution in [-0.4, -0.2) is 25.1 Å². The molecule has 0 amide bonds. The van der Waals surface area contributed by atoms with Crippen LogP contribution in [0.4, 0.5) is 10.1 Å². The van der Waals surface area contributed by atoms with Gasteiger partial charge in [-0.05, 0) is 24.8 Å². The topological polar surface area (TPSA) is 3.24 Å².